The fraction of sp³-hybridized carbons (Fsp3) is 0.727. The molecule has 6 nitrogen and oxygen atoms in total. The Labute approximate surface area is 108 Å². The summed E-state index contributed by atoms with van der Waals surface area (Å²) in [5.41, 5.74) is 0. The molecule has 18 heavy (non-hydrogen) atoms. The number of aromatic nitrogens is 2. The van der Waals surface area contributed by atoms with Gasteiger partial charge in [0, 0.05) is 38.4 Å². The molecule has 0 saturated carbocycles. The van der Waals surface area contributed by atoms with E-state index in [2.05, 4.69) is 10.3 Å². The van der Waals surface area contributed by atoms with Crippen LogP contribution >= 0.6 is 0 Å². The summed E-state index contributed by atoms with van der Waals surface area (Å²) in [6.45, 7) is 6.88. The van der Waals surface area contributed by atoms with Gasteiger partial charge in [0.15, 0.2) is 5.03 Å². The zero-order chi connectivity index (χ0) is 13.5. The van der Waals surface area contributed by atoms with Crippen LogP contribution in [-0.2, 0) is 17.1 Å². The van der Waals surface area contributed by atoms with Crippen molar-refractivity contribution in [2.45, 2.75) is 37.9 Å². The minimum atomic E-state index is -3.48. The monoisotopic (exact) mass is 272 g/mol. The number of hydrogen-bond acceptors (Lipinski definition) is 4. The van der Waals surface area contributed by atoms with Crippen molar-refractivity contribution in [3.05, 3.63) is 12.0 Å². The molecule has 0 radical (unpaired) electrons. The molecule has 0 bridgehead atoms. The largest absolute Gasteiger partial charge is 0.337 e. The molecule has 2 unspecified atom stereocenters. The number of rotatable bonds is 2. The van der Waals surface area contributed by atoms with Crippen molar-refractivity contribution in [1.29, 1.82) is 0 Å². The van der Waals surface area contributed by atoms with Crippen LogP contribution < -0.4 is 5.32 Å². The van der Waals surface area contributed by atoms with E-state index < -0.39 is 10.0 Å². The molecule has 7 heteroatoms. The van der Waals surface area contributed by atoms with Gasteiger partial charge in [-0.2, -0.15) is 4.31 Å². The molecule has 1 N–H and O–H groups in total. The van der Waals surface area contributed by atoms with Gasteiger partial charge in [-0.25, -0.2) is 13.4 Å². The van der Waals surface area contributed by atoms with Crippen molar-refractivity contribution in [3.8, 4) is 0 Å². The molecular weight excluding hydrogens is 252 g/mol. The molecule has 1 fully saturated rings. The third kappa shape index (κ3) is 2.17. The molecule has 102 valence electrons. The number of imidazole rings is 1. The Balaban J connectivity index is 2.36. The number of sulfonamides is 1. The van der Waals surface area contributed by atoms with Gasteiger partial charge >= 0.3 is 0 Å². The summed E-state index contributed by atoms with van der Waals surface area (Å²) in [4.78, 5) is 4.13. The quantitative estimate of drug-likeness (QED) is 0.829. The molecule has 0 amide bonds. The fourth-order valence-electron chi connectivity index (χ4n) is 2.14. The lowest BCUT2D eigenvalue weighted by Gasteiger charge is -2.36. The molecule has 1 aliphatic rings. The summed E-state index contributed by atoms with van der Waals surface area (Å²) in [5, 5.41) is 3.41. The summed E-state index contributed by atoms with van der Waals surface area (Å²) >= 11 is 0. The highest BCUT2D eigenvalue weighted by atomic mass is 32.2. The molecule has 2 rings (SSSR count). The van der Waals surface area contributed by atoms with Crippen LogP contribution in [0.4, 0.5) is 0 Å². The van der Waals surface area contributed by atoms with Gasteiger partial charge in [0.05, 0.1) is 0 Å². The second kappa shape index (κ2) is 4.64. The first kappa shape index (κ1) is 13.5. The molecule has 2 atom stereocenters. The summed E-state index contributed by atoms with van der Waals surface area (Å²) in [6, 6.07) is 0.0874. The molecule has 1 aliphatic heterocycles. The molecule has 0 aliphatic carbocycles. The van der Waals surface area contributed by atoms with Gasteiger partial charge in [-0.1, -0.05) is 0 Å². The smallest absolute Gasteiger partial charge is 0.262 e. The topological polar surface area (TPSA) is 67.2 Å². The predicted molar refractivity (Wildman–Crippen MR) is 68.8 cm³/mol. The Morgan fingerprint density at radius 3 is 2.67 bits per heavy atom. The number of aryl methyl sites for hydroxylation is 2. The highest BCUT2D eigenvalue weighted by Gasteiger charge is 2.35. The van der Waals surface area contributed by atoms with E-state index in [1.165, 1.54) is 4.31 Å². The number of nitrogens with zero attached hydrogens (tertiary/aromatic N) is 3. The van der Waals surface area contributed by atoms with E-state index in [-0.39, 0.29) is 17.1 Å². The number of piperazine rings is 1. The minimum Gasteiger partial charge on any atom is -0.337 e. The molecule has 1 aromatic rings. The standard InChI is InChI=1S/C11H20N4O2S/c1-8-9(2)15(6-5-12-8)18(16,17)11-7-14(4)10(3)13-11/h7-9,12H,5-6H2,1-4H3. The van der Waals surface area contributed by atoms with Crippen LogP contribution in [0.15, 0.2) is 11.2 Å². The zero-order valence-electron chi connectivity index (χ0n) is 11.2. The van der Waals surface area contributed by atoms with E-state index in [0.29, 0.717) is 18.9 Å². The third-order valence-electron chi connectivity index (χ3n) is 3.64. The second-order valence-electron chi connectivity index (χ2n) is 4.84. The van der Waals surface area contributed by atoms with Crippen molar-refractivity contribution >= 4 is 10.0 Å². The normalized spacial score (nSPS) is 26.4. The molecule has 2 heterocycles. The lowest BCUT2D eigenvalue weighted by molar-refractivity contribution is 0.232. The van der Waals surface area contributed by atoms with Gasteiger partial charge in [-0.3, -0.25) is 0 Å². The van der Waals surface area contributed by atoms with E-state index in [0.717, 1.165) is 0 Å². The Morgan fingerprint density at radius 2 is 2.11 bits per heavy atom. The van der Waals surface area contributed by atoms with Crippen LogP contribution in [0.5, 0.6) is 0 Å². The molecule has 0 spiro atoms. The van der Waals surface area contributed by atoms with Crippen molar-refractivity contribution in [3.63, 3.8) is 0 Å². The highest BCUT2D eigenvalue weighted by Crippen LogP contribution is 2.20. The molecule has 1 saturated heterocycles. The van der Waals surface area contributed by atoms with Crippen LogP contribution in [0.2, 0.25) is 0 Å². The summed E-state index contributed by atoms with van der Waals surface area (Å²) in [5.74, 6) is 0.699. The molecular formula is C11H20N4O2S. The SMILES string of the molecule is Cc1nc(S(=O)(=O)N2CCNC(C)C2C)cn1C. The van der Waals surface area contributed by atoms with Gasteiger partial charge in [-0.05, 0) is 20.8 Å². The lowest BCUT2D eigenvalue weighted by Crippen LogP contribution is -2.57. The third-order valence-corrected chi connectivity index (χ3v) is 5.49. The minimum absolute atomic E-state index is 0.0638. The van der Waals surface area contributed by atoms with Gasteiger partial charge in [-0.15, -0.1) is 0 Å². The molecule has 1 aromatic heterocycles. The highest BCUT2D eigenvalue weighted by molar-refractivity contribution is 7.89. The Morgan fingerprint density at radius 1 is 1.44 bits per heavy atom. The average Bonchev–Trinajstić information content (AvgIpc) is 2.63. The van der Waals surface area contributed by atoms with Gasteiger partial charge in [0.2, 0.25) is 0 Å². The average molecular weight is 272 g/mol. The Kier molecular flexibility index (Phi) is 3.48. The maximum atomic E-state index is 12.5. The van der Waals surface area contributed by atoms with Crippen molar-refractivity contribution in [2.24, 2.45) is 7.05 Å². The summed E-state index contributed by atoms with van der Waals surface area (Å²) < 4.78 is 28.3. The zero-order valence-corrected chi connectivity index (χ0v) is 12.0. The lowest BCUT2D eigenvalue weighted by atomic mass is 10.1. The Hall–Kier alpha value is -0.920. The first-order valence-corrected chi connectivity index (χ1v) is 7.53. The summed E-state index contributed by atoms with van der Waals surface area (Å²) in [6.07, 6.45) is 1.57. The number of hydrogen-bond donors (Lipinski definition) is 1. The van der Waals surface area contributed by atoms with Crippen molar-refractivity contribution < 1.29 is 8.42 Å². The first-order valence-electron chi connectivity index (χ1n) is 6.09. The van der Waals surface area contributed by atoms with Crippen LogP contribution in [0.1, 0.15) is 19.7 Å². The van der Waals surface area contributed by atoms with Gasteiger partial charge in [0.25, 0.3) is 10.0 Å². The van der Waals surface area contributed by atoms with E-state index in [1.807, 2.05) is 13.8 Å². The van der Waals surface area contributed by atoms with Crippen LogP contribution in [0.25, 0.3) is 0 Å². The van der Waals surface area contributed by atoms with Crippen LogP contribution in [0.3, 0.4) is 0 Å². The Bertz CT molecular complexity index is 518. The maximum absolute atomic E-state index is 12.5. The van der Waals surface area contributed by atoms with E-state index in [4.69, 9.17) is 0 Å². The second-order valence-corrected chi connectivity index (χ2v) is 6.67. The van der Waals surface area contributed by atoms with Crippen LogP contribution in [-0.4, -0.2) is 47.4 Å². The van der Waals surface area contributed by atoms with E-state index in [9.17, 15) is 8.42 Å². The maximum Gasteiger partial charge on any atom is 0.262 e. The van der Waals surface area contributed by atoms with E-state index in [1.54, 1.807) is 24.7 Å². The van der Waals surface area contributed by atoms with E-state index >= 15 is 0 Å². The van der Waals surface area contributed by atoms with Crippen molar-refractivity contribution in [1.82, 2.24) is 19.2 Å². The van der Waals surface area contributed by atoms with Gasteiger partial charge < -0.3 is 9.88 Å². The number of nitrogens with one attached hydrogen (secondary N) is 1. The van der Waals surface area contributed by atoms with Crippen LogP contribution in [0, 0.1) is 6.92 Å². The predicted octanol–water partition coefficient (Wildman–Crippen LogP) is 0.0994. The molecule has 0 aromatic carbocycles. The fourth-order valence-corrected chi connectivity index (χ4v) is 3.87. The van der Waals surface area contributed by atoms with Crippen molar-refractivity contribution in [2.75, 3.05) is 13.1 Å². The van der Waals surface area contributed by atoms with Gasteiger partial charge in [0.1, 0.15) is 5.82 Å². The summed E-state index contributed by atoms with van der Waals surface area (Å²) in [7, 11) is -1.69. The first-order chi connectivity index (χ1) is 8.34.